The number of furan rings is 1. The molecule has 0 aliphatic heterocycles. The van der Waals surface area contributed by atoms with Crippen LogP contribution in [-0.2, 0) is 0 Å². The molecule has 0 N–H and O–H groups in total. The smallest absolute Gasteiger partial charge is 0.160 e. The first kappa shape index (κ1) is 30.0. The van der Waals surface area contributed by atoms with E-state index in [2.05, 4.69) is 173 Å². The number of rotatable bonds is 4. The molecule has 4 heterocycles. The van der Waals surface area contributed by atoms with E-state index < -0.39 is 0 Å². The predicted molar refractivity (Wildman–Crippen MR) is 226 cm³/mol. The maximum Gasteiger partial charge on any atom is 0.160 e. The molecule has 55 heavy (non-hydrogen) atoms. The molecule has 0 bridgehead atoms. The summed E-state index contributed by atoms with van der Waals surface area (Å²) in [7, 11) is 0. The molecular formula is C50H30N4O. The third-order valence-corrected chi connectivity index (χ3v) is 11.1. The maximum absolute atomic E-state index is 6.48. The first-order valence-corrected chi connectivity index (χ1v) is 18.6. The molecule has 0 aliphatic rings. The Morgan fingerprint density at radius 3 is 1.91 bits per heavy atom. The van der Waals surface area contributed by atoms with E-state index in [0.29, 0.717) is 5.82 Å². The Morgan fingerprint density at radius 2 is 1.04 bits per heavy atom. The average Bonchev–Trinajstić information content (AvgIpc) is 3.91. The lowest BCUT2D eigenvalue weighted by atomic mass is 10.0. The van der Waals surface area contributed by atoms with E-state index in [0.717, 1.165) is 77.6 Å². The summed E-state index contributed by atoms with van der Waals surface area (Å²) in [5.41, 5.74) is 12.3. The topological polar surface area (TPSA) is 48.8 Å². The number of benzene rings is 8. The third-order valence-electron chi connectivity index (χ3n) is 11.1. The first-order chi connectivity index (χ1) is 27.3. The molecule has 4 aromatic heterocycles. The summed E-state index contributed by atoms with van der Waals surface area (Å²) < 4.78 is 11.3. The molecule has 0 aliphatic carbocycles. The van der Waals surface area contributed by atoms with Crippen molar-refractivity contribution in [2.45, 2.75) is 0 Å². The Morgan fingerprint density at radius 1 is 0.382 bits per heavy atom. The van der Waals surface area contributed by atoms with Crippen LogP contribution in [0, 0.1) is 0 Å². The van der Waals surface area contributed by atoms with Crippen molar-refractivity contribution in [1.29, 1.82) is 0 Å². The van der Waals surface area contributed by atoms with Crippen molar-refractivity contribution in [3.8, 4) is 34.0 Å². The Kier molecular flexibility index (Phi) is 6.27. The van der Waals surface area contributed by atoms with Gasteiger partial charge in [0.1, 0.15) is 11.2 Å². The van der Waals surface area contributed by atoms with Crippen LogP contribution in [0.25, 0.3) is 110 Å². The summed E-state index contributed by atoms with van der Waals surface area (Å²) in [4.78, 5) is 10.4. The molecule has 0 saturated heterocycles. The number of hydrogen-bond donors (Lipinski definition) is 0. The molecule has 0 fully saturated rings. The fraction of sp³-hybridized carbons (Fsp3) is 0. The molecule has 0 unspecified atom stereocenters. The fourth-order valence-corrected chi connectivity index (χ4v) is 8.77. The molecule has 0 spiro atoms. The molecule has 0 radical (unpaired) electrons. The normalized spacial score (nSPS) is 12.0. The Hall–Kier alpha value is -7.50. The van der Waals surface area contributed by atoms with Crippen molar-refractivity contribution >= 4 is 76.5 Å². The van der Waals surface area contributed by atoms with Crippen LogP contribution in [0.15, 0.2) is 186 Å². The molecule has 0 saturated carbocycles. The van der Waals surface area contributed by atoms with Crippen molar-refractivity contribution in [2.24, 2.45) is 0 Å². The minimum Gasteiger partial charge on any atom is -0.456 e. The van der Waals surface area contributed by atoms with Gasteiger partial charge in [-0.3, -0.25) is 0 Å². The molecular weight excluding hydrogens is 673 g/mol. The van der Waals surface area contributed by atoms with Gasteiger partial charge in [0.2, 0.25) is 0 Å². The number of fused-ring (bicyclic) bond motifs is 12. The van der Waals surface area contributed by atoms with Crippen LogP contribution in [0.5, 0.6) is 0 Å². The van der Waals surface area contributed by atoms with E-state index in [1.807, 2.05) is 18.2 Å². The number of hydrogen-bond acceptors (Lipinski definition) is 3. The monoisotopic (exact) mass is 702 g/mol. The highest BCUT2D eigenvalue weighted by Gasteiger charge is 2.24. The highest BCUT2D eigenvalue weighted by atomic mass is 16.3. The van der Waals surface area contributed by atoms with E-state index in [-0.39, 0.29) is 0 Å². The molecule has 256 valence electrons. The Balaban J connectivity index is 1.22. The van der Waals surface area contributed by atoms with Gasteiger partial charge in [-0.05, 0) is 54.6 Å². The summed E-state index contributed by atoms with van der Waals surface area (Å²) in [6.45, 7) is 0. The highest BCUT2D eigenvalue weighted by molar-refractivity contribution is 6.31. The molecule has 5 heteroatoms. The largest absolute Gasteiger partial charge is 0.456 e. The van der Waals surface area contributed by atoms with Gasteiger partial charge in [0.05, 0.1) is 33.3 Å². The lowest BCUT2D eigenvalue weighted by Gasteiger charge is -2.14. The van der Waals surface area contributed by atoms with Gasteiger partial charge >= 0.3 is 0 Å². The molecule has 8 aromatic carbocycles. The summed E-state index contributed by atoms with van der Waals surface area (Å²) in [6.07, 6.45) is 0. The van der Waals surface area contributed by atoms with Crippen LogP contribution in [0.2, 0.25) is 0 Å². The van der Waals surface area contributed by atoms with Crippen molar-refractivity contribution in [3.05, 3.63) is 182 Å². The summed E-state index contributed by atoms with van der Waals surface area (Å²) >= 11 is 0. The van der Waals surface area contributed by atoms with Gasteiger partial charge in [-0.2, -0.15) is 0 Å². The van der Waals surface area contributed by atoms with Crippen LogP contribution in [0.4, 0.5) is 0 Å². The van der Waals surface area contributed by atoms with Gasteiger partial charge in [0.25, 0.3) is 0 Å². The van der Waals surface area contributed by atoms with Gasteiger partial charge in [-0.25, -0.2) is 9.97 Å². The zero-order valence-corrected chi connectivity index (χ0v) is 29.5. The second kappa shape index (κ2) is 11.5. The number of nitrogens with zero attached hydrogens (tertiary/aromatic N) is 4. The van der Waals surface area contributed by atoms with Gasteiger partial charge in [0.15, 0.2) is 5.82 Å². The first-order valence-electron chi connectivity index (χ1n) is 18.6. The SMILES string of the molecule is c1ccc(-c2nc(-c3cccc(-n4c5ccc6oc7ccccc7c6c5c5ccc6c7ccccc7n(-c7ccccc7)c6c54)c3)nc3ccccc23)cc1. The van der Waals surface area contributed by atoms with Crippen molar-refractivity contribution in [3.63, 3.8) is 0 Å². The van der Waals surface area contributed by atoms with Crippen molar-refractivity contribution < 1.29 is 4.42 Å². The van der Waals surface area contributed by atoms with Crippen LogP contribution in [0.3, 0.4) is 0 Å². The van der Waals surface area contributed by atoms with Crippen LogP contribution in [0.1, 0.15) is 0 Å². The van der Waals surface area contributed by atoms with Gasteiger partial charge in [-0.15, -0.1) is 0 Å². The summed E-state index contributed by atoms with van der Waals surface area (Å²) in [5.74, 6) is 0.687. The predicted octanol–water partition coefficient (Wildman–Crippen LogP) is 13.1. The minimum absolute atomic E-state index is 0.687. The maximum atomic E-state index is 6.48. The van der Waals surface area contributed by atoms with E-state index in [4.69, 9.17) is 14.4 Å². The van der Waals surface area contributed by atoms with Crippen molar-refractivity contribution in [1.82, 2.24) is 19.1 Å². The highest BCUT2D eigenvalue weighted by Crippen LogP contribution is 2.46. The molecule has 0 atom stereocenters. The second-order valence-corrected chi connectivity index (χ2v) is 14.1. The molecule has 12 rings (SSSR count). The quantitative estimate of drug-likeness (QED) is 0.183. The van der Waals surface area contributed by atoms with Crippen LogP contribution >= 0.6 is 0 Å². The van der Waals surface area contributed by atoms with Gasteiger partial charge in [-0.1, -0.05) is 127 Å². The van der Waals surface area contributed by atoms with E-state index in [1.165, 1.54) is 27.1 Å². The Labute approximate surface area is 315 Å². The van der Waals surface area contributed by atoms with E-state index in [1.54, 1.807) is 0 Å². The summed E-state index contributed by atoms with van der Waals surface area (Å²) in [6, 6.07) is 64.1. The molecule has 5 nitrogen and oxygen atoms in total. The third kappa shape index (κ3) is 4.35. The minimum atomic E-state index is 0.687. The van der Waals surface area contributed by atoms with Gasteiger partial charge < -0.3 is 13.6 Å². The second-order valence-electron chi connectivity index (χ2n) is 14.1. The van der Waals surface area contributed by atoms with Crippen LogP contribution in [-0.4, -0.2) is 19.1 Å². The zero-order valence-electron chi connectivity index (χ0n) is 29.5. The van der Waals surface area contributed by atoms with Crippen LogP contribution < -0.4 is 0 Å². The molecule has 0 amide bonds. The lowest BCUT2D eigenvalue weighted by molar-refractivity contribution is 0.669. The average molecular weight is 703 g/mol. The fourth-order valence-electron chi connectivity index (χ4n) is 8.77. The number of aromatic nitrogens is 4. The Bertz CT molecular complexity index is 3480. The molecule has 12 aromatic rings. The van der Waals surface area contributed by atoms with E-state index in [9.17, 15) is 0 Å². The zero-order chi connectivity index (χ0) is 36.0. The summed E-state index contributed by atoms with van der Waals surface area (Å²) in [5, 5.41) is 8.01. The van der Waals surface area contributed by atoms with E-state index >= 15 is 0 Å². The van der Waals surface area contributed by atoms with Crippen molar-refractivity contribution in [2.75, 3.05) is 0 Å². The lowest BCUT2D eigenvalue weighted by Crippen LogP contribution is -2.00. The van der Waals surface area contributed by atoms with Gasteiger partial charge in [0, 0.05) is 60.2 Å². The standard InChI is InChI=1S/C50H30N4O/c1-3-14-31(15-4-1)47-37-21-7-10-23-40(37)51-50(52-47)32-16-13-19-34(30-32)54-42-28-29-44-46(38-22-9-12-25-43(38)55-44)45(42)39-27-26-36-35-20-8-11-24-41(35)53(48(36)49(39)54)33-17-5-2-6-18-33/h1-30H. The number of para-hydroxylation sites is 4.